The third-order valence-corrected chi connectivity index (χ3v) is 4.43. The maximum Gasteiger partial charge on any atom is 0.274 e. The van der Waals surface area contributed by atoms with Crippen LogP contribution in [0.3, 0.4) is 0 Å². The number of non-ortho nitro benzene ring substituents is 1. The average molecular weight is 419 g/mol. The molecule has 9 heteroatoms. The van der Waals surface area contributed by atoms with E-state index in [0.29, 0.717) is 22.8 Å². The second-order valence-corrected chi connectivity index (χ2v) is 6.55. The van der Waals surface area contributed by atoms with Crippen LogP contribution in [0.4, 0.5) is 11.4 Å². The minimum absolute atomic E-state index is 0.144. The van der Waals surface area contributed by atoms with Crippen LogP contribution in [-0.2, 0) is 0 Å². The van der Waals surface area contributed by atoms with Gasteiger partial charge in [0.15, 0.2) is 5.65 Å². The van der Waals surface area contributed by atoms with Crippen molar-refractivity contribution in [2.75, 3.05) is 12.4 Å². The van der Waals surface area contributed by atoms with Crippen LogP contribution in [0.15, 0.2) is 34.9 Å². The summed E-state index contributed by atoms with van der Waals surface area (Å²) in [7, 11) is 1.43. The Morgan fingerprint density at radius 1 is 1.35 bits per heavy atom. The van der Waals surface area contributed by atoms with Crippen molar-refractivity contribution in [2.24, 2.45) is 0 Å². The summed E-state index contributed by atoms with van der Waals surface area (Å²) in [5.74, 6) is -0.112. The van der Waals surface area contributed by atoms with Gasteiger partial charge in [-0.1, -0.05) is 0 Å². The Kier molecular flexibility index (Phi) is 4.64. The van der Waals surface area contributed by atoms with Gasteiger partial charge in [-0.15, -0.1) is 0 Å². The van der Waals surface area contributed by atoms with E-state index in [9.17, 15) is 14.9 Å². The first-order valence-electron chi connectivity index (χ1n) is 7.60. The second kappa shape index (κ2) is 6.75. The van der Waals surface area contributed by atoms with Crippen LogP contribution in [0.2, 0.25) is 0 Å². The number of nitrogens with zero attached hydrogens (tertiary/aromatic N) is 3. The van der Waals surface area contributed by atoms with E-state index in [4.69, 9.17) is 4.74 Å². The number of aryl methyl sites for hydroxylation is 2. The molecule has 1 amide bonds. The Bertz CT molecular complexity index is 1040. The number of imidazole rings is 1. The minimum atomic E-state index is -0.533. The maximum atomic E-state index is 12.9. The lowest BCUT2D eigenvalue weighted by Crippen LogP contribution is -2.16. The summed E-state index contributed by atoms with van der Waals surface area (Å²) in [6, 6.07) is 5.92. The maximum absolute atomic E-state index is 12.9. The smallest absolute Gasteiger partial charge is 0.274 e. The van der Waals surface area contributed by atoms with Crippen LogP contribution in [0.25, 0.3) is 5.65 Å². The predicted octanol–water partition coefficient (Wildman–Crippen LogP) is 3.88. The summed E-state index contributed by atoms with van der Waals surface area (Å²) in [5, 5.41) is 13.7. The lowest BCUT2D eigenvalue weighted by molar-refractivity contribution is -0.384. The lowest BCUT2D eigenvalue weighted by Gasteiger charge is -2.10. The first-order valence-corrected chi connectivity index (χ1v) is 8.39. The van der Waals surface area contributed by atoms with E-state index in [-0.39, 0.29) is 11.4 Å². The number of fused-ring (bicyclic) bond motifs is 1. The highest BCUT2D eigenvalue weighted by Gasteiger charge is 2.21. The molecular weight excluding hydrogens is 404 g/mol. The lowest BCUT2D eigenvalue weighted by atomic mass is 10.2. The molecule has 0 spiro atoms. The molecule has 1 aromatic carbocycles. The number of methoxy groups -OCH3 is 1. The SMILES string of the molecule is COc1ccc([N+](=O)[O-])cc1NC(=O)c1c(C)nc2c(Br)cc(C)cn12. The molecule has 0 fully saturated rings. The van der Waals surface area contributed by atoms with Crippen LogP contribution < -0.4 is 10.1 Å². The molecule has 0 aliphatic carbocycles. The fraction of sp³-hybridized carbons (Fsp3) is 0.176. The standard InChI is InChI=1S/C17H15BrN4O4/c1-9-6-12(18)16-19-10(2)15(21(16)8-9)17(23)20-13-7-11(22(24)25)4-5-14(13)26-3/h4-8H,1-3H3,(H,20,23). The topological polar surface area (TPSA) is 98.8 Å². The fourth-order valence-electron chi connectivity index (χ4n) is 2.71. The normalized spacial score (nSPS) is 10.8. The van der Waals surface area contributed by atoms with Crippen molar-refractivity contribution < 1.29 is 14.5 Å². The summed E-state index contributed by atoms with van der Waals surface area (Å²) in [6.45, 7) is 3.64. The molecular formula is C17H15BrN4O4. The summed E-state index contributed by atoms with van der Waals surface area (Å²) in [4.78, 5) is 27.8. The zero-order valence-corrected chi connectivity index (χ0v) is 15.8. The molecule has 3 aromatic rings. The molecule has 0 atom stereocenters. The highest BCUT2D eigenvalue weighted by atomic mass is 79.9. The molecule has 3 rings (SSSR count). The number of amides is 1. The second-order valence-electron chi connectivity index (χ2n) is 5.70. The van der Waals surface area contributed by atoms with Gasteiger partial charge in [0.1, 0.15) is 11.4 Å². The largest absolute Gasteiger partial charge is 0.495 e. The molecule has 0 aliphatic heterocycles. The molecule has 0 radical (unpaired) electrons. The van der Waals surface area contributed by atoms with Crippen molar-refractivity contribution in [1.29, 1.82) is 0 Å². The van der Waals surface area contributed by atoms with Crippen LogP contribution >= 0.6 is 15.9 Å². The zero-order chi connectivity index (χ0) is 19.0. The van der Waals surface area contributed by atoms with Gasteiger partial charge in [-0.2, -0.15) is 0 Å². The van der Waals surface area contributed by atoms with E-state index in [1.807, 2.05) is 13.0 Å². The number of anilines is 1. The van der Waals surface area contributed by atoms with Gasteiger partial charge >= 0.3 is 0 Å². The van der Waals surface area contributed by atoms with E-state index in [0.717, 1.165) is 10.0 Å². The predicted molar refractivity (Wildman–Crippen MR) is 100.0 cm³/mol. The number of ether oxygens (including phenoxy) is 1. The number of nitrogens with one attached hydrogen (secondary N) is 1. The summed E-state index contributed by atoms with van der Waals surface area (Å²) < 4.78 is 7.65. The van der Waals surface area contributed by atoms with Gasteiger partial charge in [-0.05, 0) is 47.5 Å². The number of nitro benzene ring substituents is 1. The number of hydrogen-bond acceptors (Lipinski definition) is 5. The van der Waals surface area contributed by atoms with Crippen molar-refractivity contribution in [2.45, 2.75) is 13.8 Å². The van der Waals surface area contributed by atoms with E-state index in [1.54, 1.807) is 17.5 Å². The van der Waals surface area contributed by atoms with Crippen LogP contribution in [-0.4, -0.2) is 27.3 Å². The average Bonchev–Trinajstić information content (AvgIpc) is 2.91. The Morgan fingerprint density at radius 2 is 2.08 bits per heavy atom. The Labute approximate surface area is 157 Å². The number of carbonyl (C=O) groups excluding carboxylic acids is 1. The molecule has 0 saturated carbocycles. The molecule has 1 N–H and O–H groups in total. The third kappa shape index (κ3) is 3.13. The number of carbonyl (C=O) groups is 1. The molecule has 2 heterocycles. The van der Waals surface area contributed by atoms with Gasteiger partial charge in [0, 0.05) is 18.3 Å². The van der Waals surface area contributed by atoms with Crippen LogP contribution in [0.1, 0.15) is 21.7 Å². The van der Waals surface area contributed by atoms with Crippen LogP contribution in [0, 0.1) is 24.0 Å². The van der Waals surface area contributed by atoms with Crippen molar-refractivity contribution in [3.05, 3.63) is 62.0 Å². The summed E-state index contributed by atoms with van der Waals surface area (Å²) in [6.07, 6.45) is 1.81. The van der Waals surface area contributed by atoms with Crippen molar-refractivity contribution in [1.82, 2.24) is 9.38 Å². The molecule has 0 bridgehead atoms. The quantitative estimate of drug-likeness (QED) is 0.511. The van der Waals surface area contributed by atoms with Gasteiger partial charge in [0.2, 0.25) is 0 Å². The molecule has 8 nitrogen and oxygen atoms in total. The number of hydrogen-bond donors (Lipinski definition) is 1. The fourth-order valence-corrected chi connectivity index (χ4v) is 3.35. The monoisotopic (exact) mass is 418 g/mol. The van der Waals surface area contributed by atoms with Crippen molar-refractivity contribution in [3.63, 3.8) is 0 Å². The molecule has 0 aliphatic rings. The molecule has 0 saturated heterocycles. The van der Waals surface area contributed by atoms with Gasteiger partial charge in [0.25, 0.3) is 11.6 Å². The highest BCUT2D eigenvalue weighted by Crippen LogP contribution is 2.30. The summed E-state index contributed by atoms with van der Waals surface area (Å²) in [5.41, 5.74) is 2.52. The molecule has 0 unspecified atom stereocenters. The number of aromatic nitrogens is 2. The number of nitro groups is 1. The number of rotatable bonds is 4. The molecule has 134 valence electrons. The van der Waals surface area contributed by atoms with E-state index in [1.165, 1.54) is 25.3 Å². The Hall–Kier alpha value is -2.94. The van der Waals surface area contributed by atoms with Gasteiger partial charge in [0.05, 0.1) is 27.9 Å². The highest BCUT2D eigenvalue weighted by molar-refractivity contribution is 9.10. The van der Waals surface area contributed by atoms with E-state index < -0.39 is 10.8 Å². The first-order chi connectivity index (χ1) is 12.3. The van der Waals surface area contributed by atoms with Gasteiger partial charge in [-0.25, -0.2) is 4.98 Å². The third-order valence-electron chi connectivity index (χ3n) is 3.84. The Balaban J connectivity index is 2.07. The summed E-state index contributed by atoms with van der Waals surface area (Å²) >= 11 is 3.45. The number of pyridine rings is 1. The molecule has 2 aromatic heterocycles. The van der Waals surface area contributed by atoms with E-state index in [2.05, 4.69) is 26.2 Å². The Morgan fingerprint density at radius 3 is 2.73 bits per heavy atom. The zero-order valence-electron chi connectivity index (χ0n) is 14.2. The van der Waals surface area contributed by atoms with Crippen LogP contribution in [0.5, 0.6) is 5.75 Å². The number of benzene rings is 1. The van der Waals surface area contributed by atoms with Gasteiger partial charge < -0.3 is 10.1 Å². The minimum Gasteiger partial charge on any atom is -0.495 e. The molecule has 26 heavy (non-hydrogen) atoms. The van der Waals surface area contributed by atoms with Gasteiger partial charge in [-0.3, -0.25) is 19.3 Å². The first kappa shape index (κ1) is 17.9. The number of halogens is 1. The van der Waals surface area contributed by atoms with Crippen molar-refractivity contribution >= 4 is 38.9 Å². The van der Waals surface area contributed by atoms with E-state index >= 15 is 0 Å². The van der Waals surface area contributed by atoms with Crippen molar-refractivity contribution in [3.8, 4) is 5.75 Å².